The number of nitrogens with one attached hydrogen (secondary N) is 2. The Morgan fingerprint density at radius 3 is 1.20 bits per heavy atom. The van der Waals surface area contributed by atoms with Gasteiger partial charge in [0.25, 0.3) is 0 Å². The first-order valence-electron chi connectivity index (χ1n) is 14.0. The summed E-state index contributed by atoms with van der Waals surface area (Å²) >= 11 is 0. The van der Waals surface area contributed by atoms with E-state index >= 15 is 0 Å². The van der Waals surface area contributed by atoms with Crippen LogP contribution in [0, 0.1) is 11.8 Å². The number of amides is 2. The lowest BCUT2D eigenvalue weighted by Crippen LogP contribution is -2.31. The molecule has 0 saturated heterocycles. The summed E-state index contributed by atoms with van der Waals surface area (Å²) in [6.45, 7) is 0. The first-order valence-corrected chi connectivity index (χ1v) is 14.0. The van der Waals surface area contributed by atoms with Gasteiger partial charge in [0, 0.05) is 44.8 Å². The third-order valence-corrected chi connectivity index (χ3v) is 7.91. The Morgan fingerprint density at radius 2 is 0.848 bits per heavy atom. The molecule has 0 aliphatic heterocycles. The second-order valence-electron chi connectivity index (χ2n) is 10.6. The van der Waals surface area contributed by atoms with Gasteiger partial charge in [0.05, 0.1) is 14.2 Å². The first-order chi connectivity index (χ1) is 22.1. The average Bonchev–Trinajstić information content (AvgIpc) is 3.48. The molecule has 0 fully saturated rings. The zero-order valence-electron chi connectivity index (χ0n) is 24.4. The van der Waals surface area contributed by atoms with Gasteiger partial charge in [-0.2, -0.15) is 0 Å². The summed E-state index contributed by atoms with van der Waals surface area (Å²) in [6.07, 6.45) is 0. The van der Waals surface area contributed by atoms with E-state index in [2.05, 4.69) is 10.6 Å². The molecule has 0 bridgehead atoms. The molecule has 2 atom stereocenters. The van der Waals surface area contributed by atoms with Crippen LogP contribution in [0.1, 0.15) is 57.4 Å². The molecule has 46 heavy (non-hydrogen) atoms. The smallest absolute Gasteiger partial charge is 0.243 e. The lowest BCUT2D eigenvalue weighted by Gasteiger charge is -2.09. The minimum Gasteiger partial charge on any atom is -0.497 e. The van der Waals surface area contributed by atoms with Gasteiger partial charge in [0.1, 0.15) is 11.5 Å². The minimum absolute atomic E-state index is 0.0110. The number of hydrogen-bond acceptors (Lipinski definition) is 9. The fourth-order valence-corrected chi connectivity index (χ4v) is 5.49. The van der Waals surface area contributed by atoms with Crippen LogP contribution < -0.4 is 20.1 Å². The number of anilines is 2. The highest BCUT2D eigenvalue weighted by Gasteiger charge is 2.45. The maximum Gasteiger partial charge on any atom is 0.243 e. The maximum absolute atomic E-state index is 13.5. The summed E-state index contributed by atoms with van der Waals surface area (Å²) in [4.78, 5) is 91.8. The Labute approximate surface area is 261 Å². The second kappa shape index (κ2) is 11.7. The van der Waals surface area contributed by atoms with E-state index < -0.39 is 52.6 Å². The Hall–Kier alpha value is -6.23. The van der Waals surface area contributed by atoms with Gasteiger partial charge < -0.3 is 20.1 Å². The van der Waals surface area contributed by atoms with Crippen molar-refractivity contribution in [2.45, 2.75) is 0 Å². The van der Waals surface area contributed by atoms with Crippen molar-refractivity contribution >= 4 is 52.1 Å². The molecule has 0 saturated carbocycles. The second-order valence-corrected chi connectivity index (χ2v) is 10.6. The fourth-order valence-electron chi connectivity index (χ4n) is 5.49. The lowest BCUT2D eigenvalue weighted by atomic mass is 9.96. The topological polar surface area (TPSA) is 162 Å². The third-order valence-electron chi connectivity index (χ3n) is 7.91. The molecule has 2 aliphatic carbocycles. The number of fused-ring (bicyclic) bond motifs is 2. The number of Topliss-reactive ketones (excluding diaryl/α,β-unsaturated/α-hetero) is 4. The number of methoxy groups -OCH3 is 2. The number of rotatable bonds is 8. The summed E-state index contributed by atoms with van der Waals surface area (Å²) in [5.41, 5.74) is 0.658. The maximum atomic E-state index is 13.5. The van der Waals surface area contributed by atoms with Crippen LogP contribution in [0.15, 0.2) is 84.9 Å². The van der Waals surface area contributed by atoms with Crippen molar-refractivity contribution in [2.75, 3.05) is 24.9 Å². The molecular formula is C35H24N2O9. The van der Waals surface area contributed by atoms with Crippen LogP contribution in [0.2, 0.25) is 0 Å². The van der Waals surface area contributed by atoms with E-state index in [-0.39, 0.29) is 33.4 Å². The first kappa shape index (κ1) is 29.8. The van der Waals surface area contributed by atoms with Gasteiger partial charge in [-0.05, 0) is 72.8 Å². The molecule has 228 valence electrons. The fraction of sp³-hybridized carbons (Fsp3) is 0.114. The number of carbonyl (C=O) groups excluding carboxylic acids is 7. The van der Waals surface area contributed by atoms with Crippen molar-refractivity contribution in [1.82, 2.24) is 0 Å². The van der Waals surface area contributed by atoms with Crippen molar-refractivity contribution in [3.05, 3.63) is 118 Å². The Balaban J connectivity index is 1.19. The molecule has 2 aliphatic rings. The summed E-state index contributed by atoms with van der Waals surface area (Å²) < 4.78 is 10.2. The van der Waals surface area contributed by atoms with Crippen LogP contribution in [0.4, 0.5) is 11.4 Å². The molecule has 2 unspecified atom stereocenters. The van der Waals surface area contributed by atoms with Crippen LogP contribution in [0.5, 0.6) is 11.5 Å². The van der Waals surface area contributed by atoms with Crippen LogP contribution >= 0.6 is 0 Å². The predicted octanol–water partition coefficient (Wildman–Crippen LogP) is 4.20. The number of hydrogen-bond donors (Lipinski definition) is 2. The number of ether oxygens (including phenoxy) is 2. The SMILES string of the molecule is COc1ccc(NC(=O)C2C(=O)c3ccc(C(=O)c4ccc5c(c4)C(=O)C(C(=O)Nc4ccc(OC)cc4)C5=O)cc3C2=O)cc1. The van der Waals surface area contributed by atoms with Crippen molar-refractivity contribution in [3.63, 3.8) is 0 Å². The van der Waals surface area contributed by atoms with Crippen molar-refractivity contribution < 1.29 is 43.0 Å². The van der Waals surface area contributed by atoms with E-state index in [1.54, 1.807) is 48.5 Å². The van der Waals surface area contributed by atoms with Gasteiger partial charge in [0.15, 0.2) is 40.8 Å². The molecule has 6 rings (SSSR count). The Bertz CT molecular complexity index is 1850. The molecule has 0 aromatic heterocycles. The lowest BCUT2D eigenvalue weighted by molar-refractivity contribution is -0.118. The highest BCUT2D eigenvalue weighted by Crippen LogP contribution is 2.32. The molecule has 4 aromatic carbocycles. The summed E-state index contributed by atoms with van der Waals surface area (Å²) in [5, 5.41) is 5.12. The van der Waals surface area contributed by atoms with Crippen molar-refractivity contribution in [3.8, 4) is 11.5 Å². The van der Waals surface area contributed by atoms with E-state index in [1.165, 1.54) is 50.6 Å². The van der Waals surface area contributed by atoms with Crippen LogP contribution in [-0.4, -0.2) is 55.0 Å². The molecule has 4 aromatic rings. The van der Waals surface area contributed by atoms with E-state index in [1.807, 2.05) is 0 Å². The highest BCUT2D eigenvalue weighted by atomic mass is 16.5. The zero-order chi connectivity index (χ0) is 32.7. The molecule has 0 heterocycles. The Kier molecular flexibility index (Phi) is 7.58. The molecule has 0 radical (unpaired) electrons. The summed E-state index contributed by atoms with van der Waals surface area (Å²) in [7, 11) is 2.98. The van der Waals surface area contributed by atoms with E-state index in [4.69, 9.17) is 9.47 Å². The molecular weight excluding hydrogens is 592 g/mol. The van der Waals surface area contributed by atoms with Gasteiger partial charge in [-0.1, -0.05) is 12.1 Å². The molecule has 0 spiro atoms. The molecule has 11 heteroatoms. The van der Waals surface area contributed by atoms with E-state index in [0.29, 0.717) is 22.9 Å². The normalized spacial score (nSPS) is 16.5. The van der Waals surface area contributed by atoms with Gasteiger partial charge in [-0.3, -0.25) is 33.6 Å². The quantitative estimate of drug-likeness (QED) is 0.218. The van der Waals surface area contributed by atoms with Crippen LogP contribution in [0.25, 0.3) is 0 Å². The number of ketones is 5. The minimum atomic E-state index is -1.62. The number of benzene rings is 4. The van der Waals surface area contributed by atoms with Gasteiger partial charge in [-0.25, -0.2) is 0 Å². The third kappa shape index (κ3) is 5.13. The molecule has 11 nitrogen and oxygen atoms in total. The largest absolute Gasteiger partial charge is 0.497 e. The van der Waals surface area contributed by atoms with Crippen molar-refractivity contribution in [2.24, 2.45) is 11.8 Å². The van der Waals surface area contributed by atoms with E-state index in [0.717, 1.165) is 0 Å². The molecule has 2 amide bonds. The zero-order valence-corrected chi connectivity index (χ0v) is 24.4. The average molecular weight is 617 g/mol. The van der Waals surface area contributed by atoms with Crippen LogP contribution in [0.3, 0.4) is 0 Å². The number of carbonyl (C=O) groups is 7. The van der Waals surface area contributed by atoms with Gasteiger partial charge in [-0.15, -0.1) is 0 Å². The van der Waals surface area contributed by atoms with E-state index in [9.17, 15) is 33.6 Å². The molecule has 2 N–H and O–H groups in total. The van der Waals surface area contributed by atoms with Crippen LogP contribution in [-0.2, 0) is 9.59 Å². The monoisotopic (exact) mass is 616 g/mol. The Morgan fingerprint density at radius 1 is 0.500 bits per heavy atom. The summed E-state index contributed by atoms with van der Waals surface area (Å²) in [5.74, 6) is -7.20. The highest BCUT2D eigenvalue weighted by molar-refractivity contribution is 6.38. The van der Waals surface area contributed by atoms with Crippen molar-refractivity contribution in [1.29, 1.82) is 0 Å². The predicted molar refractivity (Wildman–Crippen MR) is 164 cm³/mol. The standard InChI is InChI=1S/C35H24N2O9/c1-45-21-9-5-19(6-10-21)36-34(43)27-30(39)23-13-3-17(15-25(23)32(27)41)29(38)18-4-14-24-26(16-18)33(42)28(31(24)40)35(44)37-20-7-11-22(46-2)12-8-20/h3-16,27-28H,1-2H3,(H,36,43)(H,37,44). The van der Waals surface area contributed by atoms with Gasteiger partial charge >= 0.3 is 0 Å². The summed E-state index contributed by atoms with van der Waals surface area (Å²) in [6, 6.07) is 20.5. The van der Waals surface area contributed by atoms with Gasteiger partial charge in [0.2, 0.25) is 11.8 Å².